The van der Waals surface area contributed by atoms with Crippen molar-refractivity contribution in [1.29, 1.82) is 0 Å². The van der Waals surface area contributed by atoms with E-state index in [9.17, 15) is 9.59 Å². The van der Waals surface area contributed by atoms with Gasteiger partial charge in [0.05, 0.1) is 17.8 Å². The molecule has 1 aromatic carbocycles. The first-order chi connectivity index (χ1) is 12.6. The van der Waals surface area contributed by atoms with Crippen LogP contribution in [0.2, 0.25) is 0 Å². The molecule has 8 heteroatoms. The van der Waals surface area contributed by atoms with E-state index in [1.165, 1.54) is 6.20 Å². The Morgan fingerprint density at radius 3 is 2.88 bits per heavy atom. The highest BCUT2D eigenvalue weighted by Gasteiger charge is 2.20. The number of fused-ring (bicyclic) bond motifs is 1. The summed E-state index contributed by atoms with van der Waals surface area (Å²) < 4.78 is 6.98. The molecule has 1 amide bonds. The largest absolute Gasteiger partial charge is 0.360 e. The van der Waals surface area contributed by atoms with Crippen LogP contribution in [-0.2, 0) is 18.4 Å². The van der Waals surface area contributed by atoms with E-state index in [2.05, 4.69) is 20.4 Å². The van der Waals surface area contributed by atoms with Gasteiger partial charge in [0, 0.05) is 30.3 Å². The number of aromatic nitrogens is 4. The zero-order chi connectivity index (χ0) is 18.1. The molecule has 8 nitrogen and oxygen atoms in total. The summed E-state index contributed by atoms with van der Waals surface area (Å²) in [6, 6.07) is 11.0. The minimum Gasteiger partial charge on any atom is -0.360 e. The smallest absolute Gasteiger partial charge is 0.292 e. The monoisotopic (exact) mass is 349 g/mol. The van der Waals surface area contributed by atoms with Gasteiger partial charge in [-0.05, 0) is 18.2 Å². The summed E-state index contributed by atoms with van der Waals surface area (Å²) in [6.45, 7) is -0.0235. The first kappa shape index (κ1) is 15.8. The average molecular weight is 349 g/mol. The normalized spacial score (nSPS) is 11.0. The number of para-hydroxylation sites is 1. The van der Waals surface area contributed by atoms with Crippen LogP contribution in [0.1, 0.15) is 16.2 Å². The van der Waals surface area contributed by atoms with Gasteiger partial charge in [-0.25, -0.2) is 0 Å². The van der Waals surface area contributed by atoms with E-state index in [1.54, 1.807) is 6.07 Å². The predicted octanol–water partition coefficient (Wildman–Crippen LogP) is 2.06. The number of ketones is 1. The third kappa shape index (κ3) is 2.77. The molecule has 0 saturated heterocycles. The molecule has 0 saturated carbocycles. The molecular weight excluding hydrogens is 334 g/mol. The number of rotatable bonds is 5. The van der Waals surface area contributed by atoms with Crippen LogP contribution in [-0.4, -0.2) is 31.4 Å². The van der Waals surface area contributed by atoms with E-state index < -0.39 is 11.7 Å². The highest BCUT2D eigenvalue weighted by atomic mass is 16.5. The number of aryl methyl sites for hydroxylation is 1. The Morgan fingerprint density at radius 1 is 1.23 bits per heavy atom. The van der Waals surface area contributed by atoms with Gasteiger partial charge in [-0.1, -0.05) is 23.4 Å². The van der Waals surface area contributed by atoms with Crippen molar-refractivity contribution in [1.82, 2.24) is 25.0 Å². The molecule has 4 aromatic rings. The Hall–Kier alpha value is -3.68. The SMILES string of the molecule is Cn1cccc1-c1noc(CNC(=O)C(=O)c2c[nH]c3ccccc23)n1. The molecule has 2 N–H and O–H groups in total. The van der Waals surface area contributed by atoms with Gasteiger partial charge in [-0.2, -0.15) is 4.98 Å². The van der Waals surface area contributed by atoms with Gasteiger partial charge < -0.3 is 19.4 Å². The van der Waals surface area contributed by atoms with Crippen LogP contribution in [0, 0.1) is 0 Å². The Bertz CT molecular complexity index is 1100. The Morgan fingerprint density at radius 2 is 2.08 bits per heavy atom. The number of aromatic amines is 1. The van der Waals surface area contributed by atoms with Crippen molar-refractivity contribution >= 4 is 22.6 Å². The molecular formula is C18H15N5O3. The molecule has 0 unspecified atom stereocenters. The molecule has 0 aliphatic heterocycles. The van der Waals surface area contributed by atoms with Crippen LogP contribution < -0.4 is 5.32 Å². The van der Waals surface area contributed by atoms with E-state index in [4.69, 9.17) is 4.52 Å². The molecule has 0 atom stereocenters. The molecule has 3 heterocycles. The summed E-state index contributed by atoms with van der Waals surface area (Å²) in [5, 5.41) is 7.11. The maximum atomic E-state index is 12.4. The van der Waals surface area contributed by atoms with E-state index in [-0.39, 0.29) is 12.4 Å². The number of carbonyl (C=O) groups excluding carboxylic acids is 2. The van der Waals surface area contributed by atoms with Gasteiger partial charge in [0.1, 0.15) is 0 Å². The number of carbonyl (C=O) groups is 2. The highest BCUT2D eigenvalue weighted by molar-refractivity contribution is 6.44. The number of nitrogens with one attached hydrogen (secondary N) is 2. The second kappa shape index (κ2) is 6.32. The Kier molecular flexibility index (Phi) is 3.85. The molecule has 4 rings (SSSR count). The number of hydrogen-bond acceptors (Lipinski definition) is 5. The lowest BCUT2D eigenvalue weighted by Crippen LogP contribution is -2.30. The van der Waals surface area contributed by atoms with Crippen molar-refractivity contribution in [2.24, 2.45) is 7.05 Å². The molecule has 0 spiro atoms. The van der Waals surface area contributed by atoms with Crippen LogP contribution in [0.15, 0.2) is 53.3 Å². The topological polar surface area (TPSA) is 106 Å². The predicted molar refractivity (Wildman–Crippen MR) is 93.2 cm³/mol. The molecule has 130 valence electrons. The minimum absolute atomic E-state index is 0.0235. The van der Waals surface area contributed by atoms with E-state index in [0.717, 1.165) is 11.2 Å². The van der Waals surface area contributed by atoms with Gasteiger partial charge in [-0.3, -0.25) is 9.59 Å². The third-order valence-corrected chi connectivity index (χ3v) is 4.08. The van der Waals surface area contributed by atoms with Crippen molar-refractivity contribution in [3.05, 3.63) is 60.2 Å². The fourth-order valence-corrected chi connectivity index (χ4v) is 2.74. The second-order valence-corrected chi connectivity index (χ2v) is 5.78. The minimum atomic E-state index is -0.728. The van der Waals surface area contributed by atoms with E-state index in [1.807, 2.05) is 48.1 Å². The van der Waals surface area contributed by atoms with Crippen LogP contribution in [0.3, 0.4) is 0 Å². The number of H-pyrrole nitrogens is 1. The molecule has 0 radical (unpaired) electrons. The van der Waals surface area contributed by atoms with Crippen molar-refractivity contribution < 1.29 is 14.1 Å². The number of hydrogen-bond donors (Lipinski definition) is 2. The van der Waals surface area contributed by atoms with Crippen LogP contribution in [0.25, 0.3) is 22.4 Å². The fourth-order valence-electron chi connectivity index (χ4n) is 2.74. The molecule has 0 bridgehead atoms. The maximum Gasteiger partial charge on any atom is 0.292 e. The number of amides is 1. The van der Waals surface area contributed by atoms with E-state index in [0.29, 0.717) is 16.8 Å². The van der Waals surface area contributed by atoms with Crippen molar-refractivity contribution in [2.75, 3.05) is 0 Å². The average Bonchev–Trinajstić information content (AvgIpc) is 3.38. The lowest BCUT2D eigenvalue weighted by Gasteiger charge is -2.00. The lowest BCUT2D eigenvalue weighted by atomic mass is 10.1. The molecule has 3 aromatic heterocycles. The Labute approximate surface area is 147 Å². The quantitative estimate of drug-likeness (QED) is 0.424. The summed E-state index contributed by atoms with van der Waals surface area (Å²) in [7, 11) is 1.87. The highest BCUT2D eigenvalue weighted by Crippen LogP contribution is 2.18. The Balaban J connectivity index is 1.45. The van der Waals surface area contributed by atoms with Crippen LogP contribution >= 0.6 is 0 Å². The second-order valence-electron chi connectivity index (χ2n) is 5.78. The molecule has 0 aliphatic carbocycles. The standard InChI is InChI=1S/C18H15N5O3/c1-23-8-4-7-14(23)17-21-15(26-22-17)10-20-18(25)16(24)12-9-19-13-6-3-2-5-11(12)13/h2-9,19H,10H2,1H3,(H,20,25). The van der Waals surface area contributed by atoms with Gasteiger partial charge in [-0.15, -0.1) is 0 Å². The first-order valence-electron chi connectivity index (χ1n) is 7.96. The third-order valence-electron chi connectivity index (χ3n) is 4.08. The van der Waals surface area contributed by atoms with E-state index >= 15 is 0 Å². The van der Waals surface area contributed by atoms with Gasteiger partial charge in [0.15, 0.2) is 0 Å². The molecule has 0 aliphatic rings. The van der Waals surface area contributed by atoms with Crippen LogP contribution in [0.5, 0.6) is 0 Å². The zero-order valence-electron chi connectivity index (χ0n) is 13.9. The van der Waals surface area contributed by atoms with Crippen molar-refractivity contribution in [2.45, 2.75) is 6.54 Å². The number of Topliss-reactive ketones (excluding diaryl/α,β-unsaturated/α-hetero) is 1. The van der Waals surface area contributed by atoms with Gasteiger partial charge >= 0.3 is 0 Å². The summed E-state index contributed by atoms with van der Waals surface area (Å²) in [4.78, 5) is 31.8. The number of nitrogens with zero attached hydrogens (tertiary/aromatic N) is 3. The van der Waals surface area contributed by atoms with Crippen LogP contribution in [0.4, 0.5) is 0 Å². The summed E-state index contributed by atoms with van der Waals surface area (Å²) in [5.41, 5.74) is 1.92. The van der Waals surface area contributed by atoms with Crippen molar-refractivity contribution in [3.8, 4) is 11.5 Å². The van der Waals surface area contributed by atoms with Crippen molar-refractivity contribution in [3.63, 3.8) is 0 Å². The zero-order valence-corrected chi connectivity index (χ0v) is 13.9. The summed E-state index contributed by atoms with van der Waals surface area (Å²) >= 11 is 0. The fraction of sp³-hybridized carbons (Fsp3) is 0.111. The lowest BCUT2D eigenvalue weighted by molar-refractivity contribution is -0.117. The van der Waals surface area contributed by atoms with Gasteiger partial charge in [0.25, 0.3) is 11.7 Å². The number of benzene rings is 1. The molecule has 26 heavy (non-hydrogen) atoms. The molecule has 0 fully saturated rings. The first-order valence-corrected chi connectivity index (χ1v) is 7.96. The summed E-state index contributed by atoms with van der Waals surface area (Å²) in [5.74, 6) is -0.705. The maximum absolute atomic E-state index is 12.4. The van der Waals surface area contributed by atoms with Gasteiger partial charge in [0.2, 0.25) is 11.7 Å². The summed E-state index contributed by atoms with van der Waals surface area (Å²) in [6.07, 6.45) is 3.40.